The molecule has 0 fully saturated rings. The average Bonchev–Trinajstić information content (AvgIpc) is 2.86. The molecule has 3 aromatic carbocycles. The molecule has 1 N–H and O–H groups in total. The van der Waals surface area contributed by atoms with Crippen LogP contribution in [0, 0.1) is 6.92 Å². The van der Waals surface area contributed by atoms with E-state index in [1.54, 1.807) is 43.3 Å². The summed E-state index contributed by atoms with van der Waals surface area (Å²) in [5.41, 5.74) is 1.93. The van der Waals surface area contributed by atoms with Gasteiger partial charge in [0.25, 0.3) is 0 Å². The summed E-state index contributed by atoms with van der Waals surface area (Å²) in [4.78, 5) is 29.2. The third kappa shape index (κ3) is 8.71. The van der Waals surface area contributed by atoms with E-state index in [2.05, 4.69) is 5.32 Å². The highest BCUT2D eigenvalue weighted by Crippen LogP contribution is 2.26. The maximum atomic E-state index is 14.1. The van der Waals surface area contributed by atoms with Crippen LogP contribution in [0.1, 0.15) is 37.5 Å². The molecule has 3 aromatic rings. The van der Waals surface area contributed by atoms with Gasteiger partial charge in [0.1, 0.15) is 12.6 Å². The van der Waals surface area contributed by atoms with Crippen LogP contribution in [0.25, 0.3) is 0 Å². The predicted molar refractivity (Wildman–Crippen MR) is 162 cm³/mol. The lowest BCUT2D eigenvalue weighted by Gasteiger charge is -2.35. The topological polar surface area (TPSA) is 86.8 Å². The summed E-state index contributed by atoms with van der Waals surface area (Å²) >= 11 is 12.8. The van der Waals surface area contributed by atoms with Gasteiger partial charge in [-0.15, -0.1) is 0 Å². The summed E-state index contributed by atoms with van der Waals surface area (Å²) in [6.07, 6.45) is 1.24. The van der Waals surface area contributed by atoms with E-state index in [9.17, 15) is 18.0 Å². The van der Waals surface area contributed by atoms with Gasteiger partial charge in [-0.2, -0.15) is 0 Å². The zero-order valence-electron chi connectivity index (χ0n) is 23.3. The van der Waals surface area contributed by atoms with Crippen molar-refractivity contribution in [3.05, 3.63) is 99.5 Å². The Bertz CT molecular complexity index is 1460. The highest BCUT2D eigenvalue weighted by Gasteiger charge is 2.34. The first-order valence-electron chi connectivity index (χ1n) is 12.8. The number of nitrogens with zero attached hydrogens (tertiary/aromatic N) is 2. The first-order chi connectivity index (χ1) is 18.7. The summed E-state index contributed by atoms with van der Waals surface area (Å²) in [6.45, 7) is 6.84. The van der Waals surface area contributed by atoms with E-state index in [1.807, 2.05) is 51.1 Å². The Morgan fingerprint density at radius 3 is 2.12 bits per heavy atom. The Morgan fingerprint density at radius 2 is 1.55 bits per heavy atom. The van der Waals surface area contributed by atoms with E-state index in [1.165, 1.54) is 11.0 Å². The molecule has 3 rings (SSSR count). The van der Waals surface area contributed by atoms with Gasteiger partial charge in [0.05, 0.1) is 11.9 Å². The molecular weight excluding hydrogens is 569 g/mol. The number of hydrogen-bond acceptors (Lipinski definition) is 4. The van der Waals surface area contributed by atoms with Gasteiger partial charge in [0.15, 0.2) is 0 Å². The number of carbonyl (C=O) groups is 2. The number of amides is 2. The molecule has 0 aliphatic heterocycles. The molecule has 0 saturated carbocycles. The fourth-order valence-electron chi connectivity index (χ4n) is 4.17. The van der Waals surface area contributed by atoms with Gasteiger partial charge in [-0.3, -0.25) is 13.9 Å². The van der Waals surface area contributed by atoms with Crippen LogP contribution in [0.2, 0.25) is 10.0 Å². The summed E-state index contributed by atoms with van der Waals surface area (Å²) in [7, 11) is -3.89. The zero-order chi connectivity index (χ0) is 29.7. The van der Waals surface area contributed by atoms with Crippen LogP contribution >= 0.6 is 23.2 Å². The minimum absolute atomic E-state index is 0.000173. The molecule has 0 radical (unpaired) electrons. The molecule has 7 nitrogen and oxygen atoms in total. The highest BCUT2D eigenvalue weighted by molar-refractivity contribution is 7.92. The van der Waals surface area contributed by atoms with Crippen molar-refractivity contribution < 1.29 is 18.0 Å². The SMILES string of the molecule is Cc1ccc(N(CC(=O)N(Cc2ccccc2Cl)C(Cc2ccccc2)C(=O)NC(C)(C)C)S(C)(=O)=O)cc1Cl. The van der Waals surface area contributed by atoms with E-state index < -0.39 is 34.1 Å². The summed E-state index contributed by atoms with van der Waals surface area (Å²) in [5, 5.41) is 3.79. The molecule has 0 bridgehead atoms. The number of hydrogen-bond donors (Lipinski definition) is 1. The van der Waals surface area contributed by atoms with Crippen LogP contribution in [-0.2, 0) is 32.6 Å². The van der Waals surface area contributed by atoms with Crippen molar-refractivity contribution >= 4 is 50.7 Å². The summed E-state index contributed by atoms with van der Waals surface area (Å²) in [5.74, 6) is -0.923. The van der Waals surface area contributed by atoms with Crippen molar-refractivity contribution in [3.63, 3.8) is 0 Å². The van der Waals surface area contributed by atoms with Gasteiger partial charge >= 0.3 is 0 Å². The molecule has 10 heteroatoms. The van der Waals surface area contributed by atoms with Gasteiger partial charge in [-0.1, -0.05) is 77.8 Å². The largest absolute Gasteiger partial charge is 0.350 e. The van der Waals surface area contributed by atoms with Gasteiger partial charge in [-0.05, 0) is 62.6 Å². The van der Waals surface area contributed by atoms with E-state index >= 15 is 0 Å². The predicted octanol–water partition coefficient (Wildman–Crippen LogP) is 5.62. The van der Waals surface area contributed by atoms with Crippen LogP contribution in [0.15, 0.2) is 72.8 Å². The van der Waals surface area contributed by atoms with Gasteiger partial charge < -0.3 is 10.2 Å². The van der Waals surface area contributed by atoms with E-state index in [-0.39, 0.29) is 24.6 Å². The number of sulfonamides is 1. The minimum Gasteiger partial charge on any atom is -0.350 e. The standard InChI is InChI=1S/C30H35Cl2N3O4S/c1-21-15-16-24(18-26(21)32)35(40(5,38)39)20-28(36)34(19-23-13-9-10-14-25(23)31)27(29(37)33-30(2,3)4)17-22-11-7-6-8-12-22/h6-16,18,27H,17,19-20H2,1-5H3,(H,33,37). The van der Waals surface area contributed by atoms with Crippen LogP contribution in [0.4, 0.5) is 5.69 Å². The van der Waals surface area contributed by atoms with Gasteiger partial charge in [-0.25, -0.2) is 8.42 Å². The number of benzene rings is 3. The molecular formula is C30H35Cl2N3O4S. The Morgan fingerprint density at radius 1 is 0.925 bits per heavy atom. The molecule has 1 atom stereocenters. The normalized spacial score (nSPS) is 12.5. The zero-order valence-corrected chi connectivity index (χ0v) is 25.6. The van der Waals surface area contributed by atoms with E-state index in [0.29, 0.717) is 15.6 Å². The number of rotatable bonds is 10. The third-order valence-electron chi connectivity index (χ3n) is 6.19. The van der Waals surface area contributed by atoms with Gasteiger partial charge in [0.2, 0.25) is 21.8 Å². The lowest BCUT2D eigenvalue weighted by molar-refractivity contribution is -0.140. The van der Waals surface area contributed by atoms with E-state index in [0.717, 1.165) is 21.7 Å². The number of anilines is 1. The van der Waals surface area contributed by atoms with Crippen LogP contribution < -0.4 is 9.62 Å². The van der Waals surface area contributed by atoms with Crippen molar-refractivity contribution in [2.24, 2.45) is 0 Å². The van der Waals surface area contributed by atoms with Crippen LogP contribution in [0.5, 0.6) is 0 Å². The quantitative estimate of drug-likeness (QED) is 0.326. The smallest absolute Gasteiger partial charge is 0.244 e. The second-order valence-corrected chi connectivity index (χ2v) is 13.5. The second-order valence-electron chi connectivity index (χ2n) is 10.8. The molecule has 214 valence electrons. The number of nitrogens with one attached hydrogen (secondary N) is 1. The van der Waals surface area contributed by atoms with Crippen molar-refractivity contribution in [3.8, 4) is 0 Å². The summed E-state index contributed by atoms with van der Waals surface area (Å²) < 4.78 is 26.8. The van der Waals surface area contributed by atoms with Crippen molar-refractivity contribution in [1.29, 1.82) is 0 Å². The molecule has 0 aromatic heterocycles. The molecule has 0 spiro atoms. The van der Waals surface area contributed by atoms with Crippen LogP contribution in [-0.4, -0.2) is 49.5 Å². The maximum absolute atomic E-state index is 14.1. The Balaban J connectivity index is 2.10. The van der Waals surface area contributed by atoms with Crippen molar-refractivity contribution in [2.45, 2.75) is 52.2 Å². The minimum atomic E-state index is -3.89. The molecule has 0 aliphatic carbocycles. The molecule has 0 aliphatic rings. The van der Waals surface area contributed by atoms with E-state index in [4.69, 9.17) is 23.2 Å². The highest BCUT2D eigenvalue weighted by atomic mass is 35.5. The first-order valence-corrected chi connectivity index (χ1v) is 15.4. The van der Waals surface area contributed by atoms with Crippen molar-refractivity contribution in [2.75, 3.05) is 17.1 Å². The fraction of sp³-hybridized carbons (Fsp3) is 0.333. The summed E-state index contributed by atoms with van der Waals surface area (Å²) in [6, 6.07) is 20.3. The second kappa shape index (κ2) is 13.1. The molecule has 0 heterocycles. The maximum Gasteiger partial charge on any atom is 0.244 e. The first kappa shape index (κ1) is 31.5. The number of carbonyl (C=O) groups excluding carboxylic acids is 2. The number of halogens is 2. The molecule has 40 heavy (non-hydrogen) atoms. The molecule has 1 unspecified atom stereocenters. The molecule has 2 amide bonds. The monoisotopic (exact) mass is 603 g/mol. The lowest BCUT2D eigenvalue weighted by atomic mass is 10.0. The Kier molecular flexibility index (Phi) is 10.3. The number of aryl methyl sites for hydroxylation is 1. The fourth-order valence-corrected chi connectivity index (χ4v) is 5.38. The lowest BCUT2D eigenvalue weighted by Crippen LogP contribution is -2.56. The van der Waals surface area contributed by atoms with Gasteiger partial charge in [0, 0.05) is 28.5 Å². The third-order valence-corrected chi connectivity index (χ3v) is 8.11. The Labute approximate surface area is 247 Å². The Hall–Kier alpha value is -3.07. The van der Waals surface area contributed by atoms with Crippen LogP contribution in [0.3, 0.4) is 0 Å². The molecule has 0 saturated heterocycles. The average molecular weight is 605 g/mol. The van der Waals surface area contributed by atoms with Crippen molar-refractivity contribution in [1.82, 2.24) is 10.2 Å².